The zero-order valence-corrected chi connectivity index (χ0v) is 20.8. The van der Waals surface area contributed by atoms with E-state index in [1.54, 1.807) is 0 Å². The van der Waals surface area contributed by atoms with Gasteiger partial charge in [-0.2, -0.15) is 0 Å². The summed E-state index contributed by atoms with van der Waals surface area (Å²) in [7, 11) is 0. The van der Waals surface area contributed by atoms with Crippen LogP contribution in [0.2, 0.25) is 0 Å². The van der Waals surface area contributed by atoms with Crippen LogP contribution < -0.4 is 16.8 Å². The fourth-order valence-corrected chi connectivity index (χ4v) is 5.20. The van der Waals surface area contributed by atoms with E-state index in [0.717, 1.165) is 5.56 Å². The molecular formula is C25H37N5O6. The molecule has 0 saturated carbocycles. The van der Waals surface area contributed by atoms with E-state index in [9.17, 15) is 29.4 Å². The van der Waals surface area contributed by atoms with Crippen molar-refractivity contribution in [3.05, 3.63) is 35.9 Å². The number of rotatable bonds is 9. The van der Waals surface area contributed by atoms with Crippen LogP contribution >= 0.6 is 0 Å². The standard InChI is InChI=1S/C25H37N5O6/c1-15(31)19(26)23(35)29-12-6-10-18(29)22(34)30-13-7-11-25(30,14-17-8-4-3-5-9-17)24(36)28-20(16(2)32)21(27)33/h3-5,8-9,15-16,18-20,31-32H,6-7,10-14,26H2,1-2H3,(H2,27,33)(H,28,36)/t15-,16-,18?,19+,20+,25?/m1/s1. The van der Waals surface area contributed by atoms with E-state index in [2.05, 4.69) is 5.32 Å². The third-order valence-corrected chi connectivity index (χ3v) is 7.22. The zero-order valence-electron chi connectivity index (χ0n) is 20.8. The fraction of sp³-hybridized carbons (Fsp3) is 0.600. The van der Waals surface area contributed by atoms with Gasteiger partial charge in [0.15, 0.2) is 0 Å². The molecule has 4 amide bonds. The first kappa shape index (κ1) is 27.6. The van der Waals surface area contributed by atoms with E-state index in [-0.39, 0.29) is 18.9 Å². The van der Waals surface area contributed by atoms with Crippen molar-refractivity contribution in [3.8, 4) is 0 Å². The van der Waals surface area contributed by atoms with Crippen LogP contribution in [0.4, 0.5) is 0 Å². The summed E-state index contributed by atoms with van der Waals surface area (Å²) >= 11 is 0. The number of nitrogens with one attached hydrogen (secondary N) is 1. The highest BCUT2D eigenvalue weighted by Crippen LogP contribution is 2.36. The third-order valence-electron chi connectivity index (χ3n) is 7.22. The predicted molar refractivity (Wildman–Crippen MR) is 131 cm³/mol. The van der Waals surface area contributed by atoms with Crippen molar-refractivity contribution in [2.75, 3.05) is 13.1 Å². The number of nitrogens with two attached hydrogens (primary N) is 2. The molecule has 2 heterocycles. The Labute approximate surface area is 210 Å². The largest absolute Gasteiger partial charge is 0.391 e. The van der Waals surface area contributed by atoms with Crippen molar-refractivity contribution in [1.29, 1.82) is 0 Å². The van der Waals surface area contributed by atoms with Crippen molar-refractivity contribution in [1.82, 2.24) is 15.1 Å². The highest BCUT2D eigenvalue weighted by Gasteiger charge is 2.53. The van der Waals surface area contributed by atoms with Crippen LogP contribution in [-0.2, 0) is 25.6 Å². The predicted octanol–water partition coefficient (Wildman–Crippen LogP) is -1.36. The maximum absolute atomic E-state index is 13.9. The summed E-state index contributed by atoms with van der Waals surface area (Å²) in [5, 5.41) is 22.4. The van der Waals surface area contributed by atoms with Gasteiger partial charge in [0, 0.05) is 19.5 Å². The molecule has 6 atom stereocenters. The lowest BCUT2D eigenvalue weighted by Gasteiger charge is -2.41. The van der Waals surface area contributed by atoms with Crippen LogP contribution in [0.15, 0.2) is 30.3 Å². The van der Waals surface area contributed by atoms with Gasteiger partial charge in [0.2, 0.25) is 23.6 Å². The number of primary amides is 1. The molecule has 0 bridgehead atoms. The summed E-state index contributed by atoms with van der Waals surface area (Å²) in [6.07, 6.45) is -0.246. The Morgan fingerprint density at radius 1 is 1.08 bits per heavy atom. The van der Waals surface area contributed by atoms with Crippen LogP contribution in [0, 0.1) is 0 Å². The smallest absolute Gasteiger partial charge is 0.247 e. The molecule has 7 N–H and O–H groups in total. The van der Waals surface area contributed by atoms with E-state index < -0.39 is 53.6 Å². The first-order valence-corrected chi connectivity index (χ1v) is 12.4. The molecule has 1 aromatic rings. The Kier molecular flexibility index (Phi) is 8.70. The summed E-state index contributed by atoms with van der Waals surface area (Å²) < 4.78 is 0. The Balaban J connectivity index is 1.96. The van der Waals surface area contributed by atoms with E-state index in [4.69, 9.17) is 11.5 Å². The second-order valence-electron chi connectivity index (χ2n) is 9.84. The monoisotopic (exact) mass is 503 g/mol. The maximum Gasteiger partial charge on any atom is 0.247 e. The van der Waals surface area contributed by atoms with Gasteiger partial charge < -0.3 is 36.8 Å². The number of amides is 4. The molecule has 0 radical (unpaired) electrons. The lowest BCUT2D eigenvalue weighted by molar-refractivity contribution is -0.152. The number of likely N-dealkylation sites (tertiary alicyclic amines) is 2. The van der Waals surface area contributed by atoms with Crippen LogP contribution in [0.1, 0.15) is 45.1 Å². The number of benzene rings is 1. The highest BCUT2D eigenvalue weighted by atomic mass is 16.3. The van der Waals surface area contributed by atoms with Gasteiger partial charge in [0.05, 0.1) is 12.2 Å². The van der Waals surface area contributed by atoms with Crippen molar-refractivity contribution >= 4 is 23.6 Å². The Hall–Kier alpha value is -3.02. The van der Waals surface area contributed by atoms with E-state index in [1.807, 2.05) is 30.3 Å². The minimum Gasteiger partial charge on any atom is -0.391 e. The summed E-state index contributed by atoms with van der Waals surface area (Å²) in [6, 6.07) is 5.92. The van der Waals surface area contributed by atoms with Crippen LogP contribution in [0.25, 0.3) is 0 Å². The topological polar surface area (TPSA) is 179 Å². The number of hydrogen-bond acceptors (Lipinski definition) is 7. The van der Waals surface area contributed by atoms with Gasteiger partial charge in [-0.15, -0.1) is 0 Å². The SMILES string of the molecule is C[C@@H](O)[C@H](N)C(=O)N1CCCC1C(=O)N1CCCC1(Cc1ccccc1)C(=O)N[C@H](C(N)=O)[C@@H](C)O. The molecule has 3 rings (SSSR count). The number of aliphatic hydroxyl groups is 2. The lowest BCUT2D eigenvalue weighted by atomic mass is 9.86. The molecule has 0 aromatic heterocycles. The van der Waals surface area contributed by atoms with Gasteiger partial charge in [0.1, 0.15) is 23.7 Å². The molecule has 2 fully saturated rings. The quantitative estimate of drug-likeness (QED) is 0.276. The highest BCUT2D eigenvalue weighted by molar-refractivity contribution is 5.98. The summed E-state index contributed by atoms with van der Waals surface area (Å²) in [6.45, 7) is 3.39. The van der Waals surface area contributed by atoms with Gasteiger partial charge >= 0.3 is 0 Å². The van der Waals surface area contributed by atoms with Gasteiger partial charge in [0.25, 0.3) is 0 Å². The lowest BCUT2D eigenvalue weighted by Crippen LogP contribution is -2.65. The molecular weight excluding hydrogens is 466 g/mol. The van der Waals surface area contributed by atoms with Crippen LogP contribution in [0.3, 0.4) is 0 Å². The van der Waals surface area contributed by atoms with Crippen molar-refractivity contribution in [3.63, 3.8) is 0 Å². The van der Waals surface area contributed by atoms with E-state index >= 15 is 0 Å². The Morgan fingerprint density at radius 2 is 1.75 bits per heavy atom. The molecule has 2 saturated heterocycles. The zero-order chi connectivity index (χ0) is 26.6. The average molecular weight is 504 g/mol. The van der Waals surface area contributed by atoms with Gasteiger partial charge in [-0.1, -0.05) is 30.3 Å². The normalized spacial score (nSPS) is 25.2. The molecule has 36 heavy (non-hydrogen) atoms. The summed E-state index contributed by atoms with van der Waals surface area (Å²) in [4.78, 5) is 55.4. The molecule has 11 heteroatoms. The average Bonchev–Trinajstić information content (AvgIpc) is 3.49. The molecule has 2 unspecified atom stereocenters. The van der Waals surface area contributed by atoms with Gasteiger partial charge in [-0.05, 0) is 45.1 Å². The molecule has 0 spiro atoms. The summed E-state index contributed by atoms with van der Waals surface area (Å²) in [5.41, 5.74) is 10.8. The molecule has 2 aliphatic rings. The second-order valence-corrected chi connectivity index (χ2v) is 9.84. The first-order valence-electron chi connectivity index (χ1n) is 12.4. The molecule has 198 valence electrons. The van der Waals surface area contributed by atoms with Crippen molar-refractivity contribution < 1.29 is 29.4 Å². The second kappa shape index (κ2) is 11.4. The molecule has 2 aliphatic heterocycles. The van der Waals surface area contributed by atoms with Crippen LogP contribution in [-0.4, -0.2) is 92.6 Å². The molecule has 1 aromatic carbocycles. The number of carbonyl (C=O) groups is 4. The number of hydrogen-bond donors (Lipinski definition) is 5. The third kappa shape index (κ3) is 5.53. The Bertz CT molecular complexity index is 971. The van der Waals surface area contributed by atoms with Gasteiger partial charge in [-0.3, -0.25) is 19.2 Å². The molecule has 0 aliphatic carbocycles. The molecule has 11 nitrogen and oxygen atoms in total. The van der Waals surface area contributed by atoms with E-state index in [0.29, 0.717) is 32.2 Å². The van der Waals surface area contributed by atoms with E-state index in [1.165, 1.54) is 23.6 Å². The van der Waals surface area contributed by atoms with Crippen molar-refractivity contribution in [2.24, 2.45) is 11.5 Å². The van der Waals surface area contributed by atoms with Gasteiger partial charge in [-0.25, -0.2) is 0 Å². The van der Waals surface area contributed by atoms with Crippen molar-refractivity contribution in [2.45, 2.75) is 81.8 Å². The fourth-order valence-electron chi connectivity index (χ4n) is 5.20. The first-order chi connectivity index (χ1) is 17.0. The summed E-state index contributed by atoms with van der Waals surface area (Å²) in [5.74, 6) is -2.36. The maximum atomic E-state index is 13.9. The minimum atomic E-state index is -1.34. The number of aliphatic hydroxyl groups excluding tert-OH is 2. The number of nitrogens with zero attached hydrogens (tertiary/aromatic N) is 2. The van der Waals surface area contributed by atoms with Crippen LogP contribution in [0.5, 0.6) is 0 Å². The Morgan fingerprint density at radius 3 is 2.33 bits per heavy atom. The minimum absolute atomic E-state index is 0.185. The number of carbonyl (C=O) groups excluding carboxylic acids is 4.